The van der Waals surface area contributed by atoms with Gasteiger partial charge < -0.3 is 10.1 Å². The lowest BCUT2D eigenvalue weighted by Crippen LogP contribution is -2.16. The molecule has 0 radical (unpaired) electrons. The molecule has 0 aliphatic heterocycles. The topological polar surface area (TPSA) is 69.0 Å². The Labute approximate surface area is 156 Å². The number of anilines is 1. The number of aryl methyl sites for hydroxylation is 2. The van der Waals surface area contributed by atoms with Crippen LogP contribution in [-0.4, -0.2) is 33.5 Å². The summed E-state index contributed by atoms with van der Waals surface area (Å²) in [5.74, 6) is 0.962. The summed E-state index contributed by atoms with van der Waals surface area (Å²) in [7, 11) is 1.63. The highest BCUT2D eigenvalue weighted by molar-refractivity contribution is 7.99. The lowest BCUT2D eigenvalue weighted by molar-refractivity contribution is -0.113. The van der Waals surface area contributed by atoms with Crippen molar-refractivity contribution in [1.82, 2.24) is 14.8 Å². The highest BCUT2D eigenvalue weighted by atomic mass is 32.2. The molecular formula is C19H20N4O2S. The predicted molar refractivity (Wildman–Crippen MR) is 103 cm³/mol. The van der Waals surface area contributed by atoms with Crippen LogP contribution in [0.5, 0.6) is 5.75 Å². The number of amides is 1. The first kappa shape index (κ1) is 18.0. The number of methoxy groups -OCH3 is 1. The number of hydrogen-bond donors (Lipinski definition) is 1. The summed E-state index contributed by atoms with van der Waals surface area (Å²) in [4.78, 5) is 12.3. The molecular weight excluding hydrogens is 348 g/mol. The first-order valence-corrected chi connectivity index (χ1v) is 9.10. The molecule has 3 rings (SSSR count). The molecule has 3 aromatic rings. The van der Waals surface area contributed by atoms with Gasteiger partial charge in [0.25, 0.3) is 0 Å². The number of thioether (sulfide) groups is 1. The zero-order valence-corrected chi connectivity index (χ0v) is 15.7. The monoisotopic (exact) mass is 368 g/mol. The molecule has 134 valence electrons. The van der Waals surface area contributed by atoms with Crippen LogP contribution in [0.15, 0.2) is 53.9 Å². The van der Waals surface area contributed by atoms with Gasteiger partial charge in [0.2, 0.25) is 5.91 Å². The fraction of sp³-hybridized carbons (Fsp3) is 0.211. The zero-order valence-electron chi connectivity index (χ0n) is 14.9. The molecule has 1 aromatic heterocycles. The minimum atomic E-state index is -0.0725. The predicted octanol–water partition coefficient (Wildman–Crippen LogP) is 3.62. The Morgan fingerprint density at radius 1 is 1.15 bits per heavy atom. The van der Waals surface area contributed by atoms with Crippen molar-refractivity contribution in [3.05, 3.63) is 59.9 Å². The molecule has 0 bridgehead atoms. The Bertz CT molecular complexity index is 886. The van der Waals surface area contributed by atoms with Crippen LogP contribution in [0.3, 0.4) is 0 Å². The van der Waals surface area contributed by atoms with E-state index in [2.05, 4.69) is 15.5 Å². The van der Waals surface area contributed by atoms with E-state index in [1.165, 1.54) is 11.8 Å². The number of carbonyl (C=O) groups excluding carboxylic acids is 1. The molecule has 0 atom stereocenters. The van der Waals surface area contributed by atoms with Crippen molar-refractivity contribution < 1.29 is 9.53 Å². The number of nitrogens with zero attached hydrogens (tertiary/aromatic N) is 3. The quantitative estimate of drug-likeness (QED) is 0.673. The summed E-state index contributed by atoms with van der Waals surface area (Å²) in [6, 6.07) is 13.5. The van der Waals surface area contributed by atoms with E-state index in [-0.39, 0.29) is 11.7 Å². The third kappa shape index (κ3) is 4.05. The molecule has 0 spiro atoms. The smallest absolute Gasteiger partial charge is 0.234 e. The van der Waals surface area contributed by atoms with Crippen LogP contribution in [0.1, 0.15) is 11.1 Å². The molecule has 0 saturated carbocycles. The number of carbonyl (C=O) groups is 1. The van der Waals surface area contributed by atoms with Crippen LogP contribution in [0, 0.1) is 13.8 Å². The molecule has 7 heteroatoms. The summed E-state index contributed by atoms with van der Waals surface area (Å²) < 4.78 is 7.02. The third-order valence-corrected chi connectivity index (χ3v) is 4.89. The van der Waals surface area contributed by atoms with Crippen LogP contribution in [0.2, 0.25) is 0 Å². The van der Waals surface area contributed by atoms with E-state index in [4.69, 9.17) is 4.74 Å². The van der Waals surface area contributed by atoms with Gasteiger partial charge in [-0.15, -0.1) is 10.2 Å². The Morgan fingerprint density at radius 2 is 1.85 bits per heavy atom. The molecule has 0 aliphatic rings. The average Bonchev–Trinajstić information content (AvgIpc) is 3.12. The fourth-order valence-corrected chi connectivity index (χ4v) is 3.29. The summed E-state index contributed by atoms with van der Waals surface area (Å²) in [6.07, 6.45) is 1.63. The van der Waals surface area contributed by atoms with Gasteiger partial charge in [-0.25, -0.2) is 0 Å². The third-order valence-electron chi connectivity index (χ3n) is 3.94. The Morgan fingerprint density at radius 3 is 2.50 bits per heavy atom. The standard InChI is InChI=1S/C19H20N4O2S/c1-13-5-4-6-14(2)18(13)21-17(24)11-26-19-22-20-12-23(19)15-7-9-16(25-3)10-8-15/h4-10,12H,11H2,1-3H3,(H,21,24). The number of benzene rings is 2. The van der Waals surface area contributed by atoms with E-state index >= 15 is 0 Å². The van der Waals surface area contributed by atoms with Crippen LogP contribution in [0.4, 0.5) is 5.69 Å². The Kier molecular flexibility index (Phi) is 5.58. The number of nitrogens with one attached hydrogen (secondary N) is 1. The zero-order chi connectivity index (χ0) is 18.5. The molecule has 0 saturated heterocycles. The molecule has 0 aliphatic carbocycles. The van der Waals surface area contributed by atoms with Crippen molar-refractivity contribution in [1.29, 1.82) is 0 Å². The van der Waals surface area contributed by atoms with Gasteiger partial charge in [-0.1, -0.05) is 30.0 Å². The number of hydrogen-bond acceptors (Lipinski definition) is 5. The van der Waals surface area contributed by atoms with Crippen molar-refractivity contribution in [2.75, 3.05) is 18.2 Å². The van der Waals surface area contributed by atoms with Gasteiger partial charge in [-0.2, -0.15) is 0 Å². The van der Waals surface area contributed by atoms with Gasteiger partial charge in [-0.05, 0) is 49.2 Å². The molecule has 6 nitrogen and oxygen atoms in total. The van der Waals surface area contributed by atoms with Crippen LogP contribution in [-0.2, 0) is 4.79 Å². The first-order chi connectivity index (χ1) is 12.6. The highest BCUT2D eigenvalue weighted by Gasteiger charge is 2.12. The maximum atomic E-state index is 12.3. The maximum absolute atomic E-state index is 12.3. The van der Waals surface area contributed by atoms with Crippen molar-refractivity contribution in [3.63, 3.8) is 0 Å². The van der Waals surface area contributed by atoms with Crippen molar-refractivity contribution in [2.45, 2.75) is 19.0 Å². The highest BCUT2D eigenvalue weighted by Crippen LogP contribution is 2.23. The number of rotatable bonds is 6. The second-order valence-corrected chi connectivity index (χ2v) is 6.73. The van der Waals surface area contributed by atoms with E-state index in [0.717, 1.165) is 28.3 Å². The minimum Gasteiger partial charge on any atom is -0.497 e. The summed E-state index contributed by atoms with van der Waals surface area (Å²) in [5.41, 5.74) is 3.87. The normalized spacial score (nSPS) is 10.6. The summed E-state index contributed by atoms with van der Waals surface area (Å²) >= 11 is 1.34. The second-order valence-electron chi connectivity index (χ2n) is 5.79. The Balaban J connectivity index is 1.67. The minimum absolute atomic E-state index is 0.0725. The van der Waals surface area contributed by atoms with Crippen LogP contribution in [0.25, 0.3) is 5.69 Å². The molecule has 0 unspecified atom stereocenters. The summed E-state index contributed by atoms with van der Waals surface area (Å²) in [5, 5.41) is 11.7. The van der Waals surface area contributed by atoms with Gasteiger partial charge in [0.1, 0.15) is 12.1 Å². The van der Waals surface area contributed by atoms with E-state index in [1.807, 2.05) is 60.9 Å². The maximum Gasteiger partial charge on any atom is 0.234 e. The molecule has 1 amide bonds. The van der Waals surface area contributed by atoms with E-state index in [1.54, 1.807) is 13.4 Å². The number of para-hydroxylation sites is 1. The van der Waals surface area contributed by atoms with E-state index < -0.39 is 0 Å². The van der Waals surface area contributed by atoms with Crippen molar-refractivity contribution in [3.8, 4) is 11.4 Å². The molecule has 1 N–H and O–H groups in total. The second kappa shape index (κ2) is 8.05. The molecule has 0 fully saturated rings. The number of aromatic nitrogens is 3. The van der Waals surface area contributed by atoms with Gasteiger partial charge in [0.15, 0.2) is 5.16 Å². The van der Waals surface area contributed by atoms with Crippen LogP contribution >= 0.6 is 11.8 Å². The fourth-order valence-electron chi connectivity index (χ4n) is 2.56. The Hall–Kier alpha value is -2.80. The first-order valence-electron chi connectivity index (χ1n) is 8.12. The SMILES string of the molecule is COc1ccc(-n2cnnc2SCC(=O)Nc2c(C)cccc2C)cc1. The van der Waals surface area contributed by atoms with Gasteiger partial charge >= 0.3 is 0 Å². The van der Waals surface area contributed by atoms with Crippen LogP contribution < -0.4 is 10.1 Å². The molecule has 2 aromatic carbocycles. The average molecular weight is 368 g/mol. The molecule has 1 heterocycles. The molecule has 26 heavy (non-hydrogen) atoms. The van der Waals surface area contributed by atoms with Gasteiger partial charge in [-0.3, -0.25) is 9.36 Å². The summed E-state index contributed by atoms with van der Waals surface area (Å²) in [6.45, 7) is 3.96. The van der Waals surface area contributed by atoms with E-state index in [9.17, 15) is 4.79 Å². The van der Waals surface area contributed by atoms with Gasteiger partial charge in [0.05, 0.1) is 12.9 Å². The van der Waals surface area contributed by atoms with Gasteiger partial charge in [0, 0.05) is 11.4 Å². The number of ether oxygens (including phenoxy) is 1. The lowest BCUT2D eigenvalue weighted by atomic mass is 10.1. The van der Waals surface area contributed by atoms with Crippen molar-refractivity contribution >= 4 is 23.4 Å². The van der Waals surface area contributed by atoms with Crippen molar-refractivity contribution in [2.24, 2.45) is 0 Å². The van der Waals surface area contributed by atoms with E-state index in [0.29, 0.717) is 5.16 Å². The lowest BCUT2D eigenvalue weighted by Gasteiger charge is -2.11. The largest absolute Gasteiger partial charge is 0.497 e.